The predicted molar refractivity (Wildman–Crippen MR) is 94.1 cm³/mol. The molecular weight excluding hydrogens is 383 g/mol. The van der Waals surface area contributed by atoms with Gasteiger partial charge in [-0.15, -0.1) is 0 Å². The summed E-state index contributed by atoms with van der Waals surface area (Å²) in [5, 5.41) is 0. The van der Waals surface area contributed by atoms with Crippen LogP contribution in [0.2, 0.25) is 0 Å². The van der Waals surface area contributed by atoms with Gasteiger partial charge in [0.1, 0.15) is 0 Å². The highest BCUT2D eigenvalue weighted by molar-refractivity contribution is 14.1. The summed E-state index contributed by atoms with van der Waals surface area (Å²) >= 11 is 3.87. The number of carbonyl (C=O) groups excluding carboxylic acids is 1. The molecule has 1 rings (SSSR count). The monoisotopic (exact) mass is 404 g/mol. The Bertz CT molecular complexity index is 453. The molecule has 0 N–H and O–H groups in total. The molecular formula is C16H21IO2S. The zero-order valence-corrected chi connectivity index (χ0v) is 15.2. The van der Waals surface area contributed by atoms with E-state index in [1.165, 1.54) is 0 Å². The Morgan fingerprint density at radius 1 is 1.25 bits per heavy atom. The molecule has 0 atom stereocenters. The maximum atomic E-state index is 12.4. The fraction of sp³-hybridized carbons (Fsp3) is 0.438. The van der Waals surface area contributed by atoms with Crippen molar-refractivity contribution < 1.29 is 9.53 Å². The van der Waals surface area contributed by atoms with Crippen molar-refractivity contribution in [2.24, 2.45) is 5.41 Å². The van der Waals surface area contributed by atoms with Crippen LogP contribution in [0.15, 0.2) is 44.2 Å². The number of carbonyl (C=O) groups is 1. The Labute approximate surface area is 139 Å². The minimum absolute atomic E-state index is 0.114. The first-order valence-electron chi connectivity index (χ1n) is 6.85. The van der Waals surface area contributed by atoms with Gasteiger partial charge in [-0.3, -0.25) is 4.79 Å². The normalized spacial score (nSPS) is 12.3. The van der Waals surface area contributed by atoms with Gasteiger partial charge in [-0.1, -0.05) is 66.4 Å². The predicted octanol–water partition coefficient (Wildman–Crippen LogP) is 5.42. The molecule has 0 saturated carbocycles. The fourth-order valence-electron chi connectivity index (χ4n) is 2.10. The van der Waals surface area contributed by atoms with Gasteiger partial charge in [-0.25, -0.2) is 0 Å². The molecule has 4 heteroatoms. The largest absolute Gasteiger partial charge is 0.465 e. The lowest BCUT2D eigenvalue weighted by molar-refractivity contribution is -0.153. The van der Waals surface area contributed by atoms with E-state index in [4.69, 9.17) is 4.74 Å². The second-order valence-electron chi connectivity index (χ2n) is 4.40. The Morgan fingerprint density at radius 3 is 2.30 bits per heavy atom. The van der Waals surface area contributed by atoms with E-state index in [0.717, 1.165) is 22.6 Å². The third-order valence-electron chi connectivity index (χ3n) is 3.42. The minimum Gasteiger partial charge on any atom is -0.465 e. The van der Waals surface area contributed by atoms with Gasteiger partial charge in [-0.2, -0.15) is 0 Å². The Hall–Kier alpha value is -0.490. The molecule has 20 heavy (non-hydrogen) atoms. The molecule has 0 radical (unpaired) electrons. The van der Waals surface area contributed by atoms with Crippen LogP contribution < -0.4 is 0 Å². The van der Waals surface area contributed by atoms with E-state index in [9.17, 15) is 4.79 Å². The molecule has 0 aliphatic carbocycles. The number of benzene rings is 1. The van der Waals surface area contributed by atoms with Crippen molar-refractivity contribution in [1.29, 1.82) is 0 Å². The van der Waals surface area contributed by atoms with Crippen LogP contribution in [0.25, 0.3) is 0 Å². The first-order valence-corrected chi connectivity index (χ1v) is 8.91. The van der Waals surface area contributed by atoms with Crippen LogP contribution >= 0.6 is 34.4 Å². The molecule has 0 fully saturated rings. The highest BCUT2D eigenvalue weighted by Crippen LogP contribution is 2.46. The maximum Gasteiger partial charge on any atom is 0.317 e. The number of halogens is 1. The summed E-state index contributed by atoms with van der Waals surface area (Å²) in [7, 11) is 0. The van der Waals surface area contributed by atoms with Gasteiger partial charge < -0.3 is 4.74 Å². The molecule has 0 heterocycles. The zero-order valence-electron chi connectivity index (χ0n) is 12.2. The molecule has 0 bridgehead atoms. The summed E-state index contributed by atoms with van der Waals surface area (Å²) < 4.78 is 7.33. The maximum absolute atomic E-state index is 12.4. The van der Waals surface area contributed by atoms with E-state index < -0.39 is 5.41 Å². The molecule has 0 aliphatic rings. The van der Waals surface area contributed by atoms with Crippen molar-refractivity contribution in [3.8, 4) is 0 Å². The standard InChI is InChI=1S/C16H21IO2S/c1-4-16(5-2,15(18)19-6-3)14(12-17)20-13-10-8-7-9-11-13/h7-12H,4-6H2,1-3H3/b14-12-. The van der Waals surface area contributed by atoms with E-state index in [1.807, 2.05) is 43.1 Å². The van der Waals surface area contributed by atoms with E-state index in [2.05, 4.69) is 34.7 Å². The molecule has 2 nitrogen and oxygen atoms in total. The summed E-state index contributed by atoms with van der Waals surface area (Å²) in [6.07, 6.45) is 1.49. The number of ether oxygens (including phenoxy) is 1. The van der Waals surface area contributed by atoms with E-state index in [1.54, 1.807) is 11.8 Å². The average Bonchev–Trinajstić information content (AvgIpc) is 2.49. The number of hydrogen-bond acceptors (Lipinski definition) is 3. The Morgan fingerprint density at radius 2 is 1.85 bits per heavy atom. The quantitative estimate of drug-likeness (QED) is 0.345. The van der Waals surface area contributed by atoms with Gasteiger partial charge >= 0.3 is 5.97 Å². The smallest absolute Gasteiger partial charge is 0.317 e. The summed E-state index contributed by atoms with van der Waals surface area (Å²) in [5.41, 5.74) is -0.530. The molecule has 0 saturated heterocycles. The van der Waals surface area contributed by atoms with Gasteiger partial charge in [0, 0.05) is 9.80 Å². The highest BCUT2D eigenvalue weighted by atomic mass is 127. The lowest BCUT2D eigenvalue weighted by Gasteiger charge is -2.31. The zero-order chi connectivity index (χ0) is 15.0. The number of rotatable bonds is 7. The molecule has 0 unspecified atom stereocenters. The summed E-state index contributed by atoms with van der Waals surface area (Å²) in [6.45, 7) is 6.37. The van der Waals surface area contributed by atoms with Crippen LogP contribution in [0.1, 0.15) is 33.6 Å². The SMILES string of the molecule is CCOC(=O)C(CC)(CC)/C(=C/I)Sc1ccccc1. The van der Waals surface area contributed by atoms with Crippen molar-refractivity contribution in [2.75, 3.05) is 6.61 Å². The second-order valence-corrected chi connectivity index (χ2v) is 6.14. The summed E-state index contributed by atoms with van der Waals surface area (Å²) in [5.74, 6) is -0.114. The third-order valence-corrected chi connectivity index (χ3v) is 5.70. The van der Waals surface area contributed by atoms with Crippen LogP contribution in [-0.4, -0.2) is 12.6 Å². The molecule has 110 valence electrons. The number of esters is 1. The Balaban J connectivity index is 3.07. The first-order chi connectivity index (χ1) is 9.64. The molecule has 0 aromatic heterocycles. The van der Waals surface area contributed by atoms with Gasteiger partial charge in [0.15, 0.2) is 0 Å². The molecule has 0 aliphatic heterocycles. The van der Waals surface area contributed by atoms with Crippen LogP contribution in [0.4, 0.5) is 0 Å². The van der Waals surface area contributed by atoms with Gasteiger partial charge in [0.05, 0.1) is 12.0 Å². The second kappa shape index (κ2) is 8.72. The topological polar surface area (TPSA) is 26.3 Å². The number of thioether (sulfide) groups is 1. The fourth-order valence-corrected chi connectivity index (χ4v) is 4.23. The van der Waals surface area contributed by atoms with E-state index >= 15 is 0 Å². The average molecular weight is 404 g/mol. The van der Waals surface area contributed by atoms with Gasteiger partial charge in [0.25, 0.3) is 0 Å². The highest BCUT2D eigenvalue weighted by Gasteiger charge is 2.40. The van der Waals surface area contributed by atoms with Crippen LogP contribution in [0.5, 0.6) is 0 Å². The van der Waals surface area contributed by atoms with E-state index in [0.29, 0.717) is 6.61 Å². The van der Waals surface area contributed by atoms with Gasteiger partial charge in [-0.05, 0) is 36.0 Å². The third kappa shape index (κ3) is 4.01. The van der Waals surface area contributed by atoms with Crippen LogP contribution in [-0.2, 0) is 9.53 Å². The summed E-state index contributed by atoms with van der Waals surface area (Å²) in [6, 6.07) is 10.1. The lowest BCUT2D eigenvalue weighted by atomic mass is 9.82. The Kier molecular flexibility index (Phi) is 7.66. The first kappa shape index (κ1) is 17.6. The van der Waals surface area contributed by atoms with Crippen LogP contribution in [0.3, 0.4) is 0 Å². The molecule has 1 aromatic carbocycles. The van der Waals surface area contributed by atoms with Crippen molar-refractivity contribution in [2.45, 2.75) is 38.5 Å². The minimum atomic E-state index is -0.530. The van der Waals surface area contributed by atoms with Crippen molar-refractivity contribution in [3.63, 3.8) is 0 Å². The molecule has 0 spiro atoms. The van der Waals surface area contributed by atoms with Crippen molar-refractivity contribution >= 4 is 40.3 Å². The molecule has 0 amide bonds. The van der Waals surface area contributed by atoms with Crippen molar-refractivity contribution in [3.05, 3.63) is 39.3 Å². The van der Waals surface area contributed by atoms with Gasteiger partial charge in [0.2, 0.25) is 0 Å². The lowest BCUT2D eigenvalue weighted by Crippen LogP contribution is -2.33. The van der Waals surface area contributed by atoms with E-state index in [-0.39, 0.29) is 5.97 Å². The summed E-state index contributed by atoms with van der Waals surface area (Å²) in [4.78, 5) is 14.6. The van der Waals surface area contributed by atoms with Crippen LogP contribution in [0, 0.1) is 5.41 Å². The molecule has 1 aromatic rings. The van der Waals surface area contributed by atoms with Crippen molar-refractivity contribution in [1.82, 2.24) is 0 Å². The number of hydrogen-bond donors (Lipinski definition) is 0.